The number of carbonyl (C=O) groups is 1. The summed E-state index contributed by atoms with van der Waals surface area (Å²) in [6.07, 6.45) is 1.54. The first-order valence-electron chi connectivity index (χ1n) is 14.6. The summed E-state index contributed by atoms with van der Waals surface area (Å²) >= 11 is 2.81. The van der Waals surface area contributed by atoms with Crippen molar-refractivity contribution < 1.29 is 13.6 Å². The third-order valence-electron chi connectivity index (χ3n) is 7.76. The summed E-state index contributed by atoms with van der Waals surface area (Å²) in [7, 11) is 0. The van der Waals surface area contributed by atoms with Gasteiger partial charge in [0.2, 0.25) is 5.82 Å². The Bertz CT molecular complexity index is 1830. The number of hydrogen-bond donors (Lipinski definition) is 0. The third-order valence-corrected chi connectivity index (χ3v) is 9.73. The van der Waals surface area contributed by atoms with Crippen LogP contribution in [-0.2, 0) is 5.75 Å². The number of benzene rings is 3. The number of aromatic nitrogens is 4. The summed E-state index contributed by atoms with van der Waals surface area (Å²) in [5.74, 6) is 0.884. The predicted molar refractivity (Wildman–Crippen MR) is 173 cm³/mol. The van der Waals surface area contributed by atoms with E-state index in [-0.39, 0.29) is 11.9 Å². The average Bonchev–Trinajstić information content (AvgIpc) is 3.87. The number of carbonyl (C=O) groups excluding carboxylic acids is 1. The monoisotopic (exact) mass is 636 g/mol. The summed E-state index contributed by atoms with van der Waals surface area (Å²) in [5, 5.41) is 11.7. The van der Waals surface area contributed by atoms with Gasteiger partial charge in [-0.3, -0.25) is 14.3 Å². The highest BCUT2D eigenvalue weighted by molar-refractivity contribution is 7.98. The molecule has 0 radical (unpaired) electrons. The lowest BCUT2D eigenvalue weighted by Gasteiger charge is -2.39. The maximum absolute atomic E-state index is 14.9. The lowest BCUT2D eigenvalue weighted by Crippen LogP contribution is -2.50. The van der Waals surface area contributed by atoms with Crippen LogP contribution in [0.25, 0.3) is 17.3 Å². The summed E-state index contributed by atoms with van der Waals surface area (Å²) in [5.41, 5.74) is 3.25. The van der Waals surface area contributed by atoms with E-state index in [0.29, 0.717) is 47.0 Å². The molecule has 3 aromatic heterocycles. The van der Waals surface area contributed by atoms with Gasteiger partial charge in [0.05, 0.1) is 23.7 Å². The second-order valence-electron chi connectivity index (χ2n) is 10.5. The van der Waals surface area contributed by atoms with Gasteiger partial charge in [-0.1, -0.05) is 84.6 Å². The zero-order valence-electron chi connectivity index (χ0n) is 24.2. The highest BCUT2D eigenvalue weighted by Crippen LogP contribution is 2.32. The number of furan rings is 1. The van der Waals surface area contributed by atoms with Crippen LogP contribution in [0.1, 0.15) is 32.7 Å². The summed E-state index contributed by atoms with van der Waals surface area (Å²) in [4.78, 5) is 22.5. The highest BCUT2D eigenvalue weighted by atomic mass is 32.2. The Morgan fingerprint density at radius 1 is 0.867 bits per heavy atom. The van der Waals surface area contributed by atoms with Crippen molar-refractivity contribution >= 4 is 29.0 Å². The van der Waals surface area contributed by atoms with E-state index in [1.807, 2.05) is 22.4 Å². The molecule has 7 rings (SSSR count). The molecule has 0 bridgehead atoms. The molecule has 1 aliphatic heterocycles. The normalized spacial score (nSPS) is 13.9. The lowest BCUT2D eigenvalue weighted by atomic mass is 9.96. The fourth-order valence-electron chi connectivity index (χ4n) is 5.61. The molecule has 3 aromatic carbocycles. The Kier molecular flexibility index (Phi) is 8.54. The molecule has 6 aromatic rings. The van der Waals surface area contributed by atoms with Gasteiger partial charge in [0, 0.05) is 31.6 Å². The molecule has 11 heteroatoms. The van der Waals surface area contributed by atoms with Crippen LogP contribution in [0.3, 0.4) is 0 Å². The van der Waals surface area contributed by atoms with Crippen molar-refractivity contribution in [2.75, 3.05) is 26.2 Å². The molecule has 226 valence electrons. The van der Waals surface area contributed by atoms with Crippen LogP contribution in [0.5, 0.6) is 0 Å². The number of thiazole rings is 1. The highest BCUT2D eigenvalue weighted by Gasteiger charge is 2.29. The van der Waals surface area contributed by atoms with Crippen LogP contribution in [0.4, 0.5) is 4.39 Å². The van der Waals surface area contributed by atoms with Crippen molar-refractivity contribution in [1.29, 1.82) is 0 Å². The average molecular weight is 637 g/mol. The number of piperazine rings is 1. The van der Waals surface area contributed by atoms with E-state index in [2.05, 4.69) is 68.6 Å². The van der Waals surface area contributed by atoms with E-state index in [1.54, 1.807) is 41.2 Å². The standard InChI is InChI=1S/C34H29FN6O2S2/c35-26-14-7-8-15-28(26)41-32(29-16-9-21-43-29)37-38-34(41)45-23-30-36-27(22-44-30)33(42)40-19-17-39(18-20-40)31(24-10-3-1-4-11-24)25-12-5-2-6-13-25/h1-16,21-22,31H,17-20,23H2. The van der Waals surface area contributed by atoms with Gasteiger partial charge in [-0.15, -0.1) is 21.5 Å². The fraction of sp³-hybridized carbons (Fsp3) is 0.176. The van der Waals surface area contributed by atoms with Gasteiger partial charge < -0.3 is 9.32 Å². The zero-order chi connectivity index (χ0) is 30.6. The third kappa shape index (κ3) is 6.19. The summed E-state index contributed by atoms with van der Waals surface area (Å²) < 4.78 is 22.0. The predicted octanol–water partition coefficient (Wildman–Crippen LogP) is 6.96. The maximum Gasteiger partial charge on any atom is 0.273 e. The van der Waals surface area contributed by atoms with E-state index >= 15 is 0 Å². The number of hydrogen-bond acceptors (Lipinski definition) is 8. The molecule has 0 saturated carbocycles. The number of halogens is 1. The quantitative estimate of drug-likeness (QED) is 0.159. The Labute approximate surface area is 268 Å². The van der Waals surface area contributed by atoms with Crippen molar-refractivity contribution in [2.45, 2.75) is 17.0 Å². The number of para-hydroxylation sites is 1. The first-order valence-corrected chi connectivity index (χ1v) is 16.5. The molecule has 8 nitrogen and oxygen atoms in total. The molecular weight excluding hydrogens is 608 g/mol. The van der Waals surface area contributed by atoms with Crippen LogP contribution in [0, 0.1) is 5.82 Å². The van der Waals surface area contributed by atoms with E-state index in [4.69, 9.17) is 4.42 Å². The molecule has 0 atom stereocenters. The molecule has 1 saturated heterocycles. The van der Waals surface area contributed by atoms with Crippen LogP contribution in [-0.4, -0.2) is 61.6 Å². The molecule has 0 N–H and O–H groups in total. The minimum Gasteiger partial charge on any atom is -0.461 e. The fourth-order valence-corrected chi connectivity index (χ4v) is 7.34. The number of amides is 1. The zero-order valence-corrected chi connectivity index (χ0v) is 25.8. The molecule has 1 aliphatic rings. The summed E-state index contributed by atoms with van der Waals surface area (Å²) in [6.45, 7) is 2.77. The molecule has 1 fully saturated rings. The van der Waals surface area contributed by atoms with E-state index in [9.17, 15) is 9.18 Å². The molecule has 0 aliphatic carbocycles. The van der Waals surface area contributed by atoms with Crippen molar-refractivity contribution in [3.63, 3.8) is 0 Å². The van der Waals surface area contributed by atoms with Gasteiger partial charge in [-0.25, -0.2) is 9.37 Å². The molecule has 0 unspecified atom stereocenters. The van der Waals surface area contributed by atoms with E-state index in [1.165, 1.54) is 40.3 Å². The van der Waals surface area contributed by atoms with Gasteiger partial charge in [-0.2, -0.15) is 0 Å². The Balaban J connectivity index is 1.03. The van der Waals surface area contributed by atoms with Gasteiger partial charge in [0.15, 0.2) is 10.9 Å². The number of rotatable bonds is 9. The molecule has 4 heterocycles. The number of nitrogens with zero attached hydrogens (tertiary/aromatic N) is 6. The molecular formula is C34H29FN6O2S2. The first kappa shape index (κ1) is 29.1. The second kappa shape index (κ2) is 13.2. The Morgan fingerprint density at radius 2 is 1.56 bits per heavy atom. The van der Waals surface area contributed by atoms with Crippen LogP contribution in [0.2, 0.25) is 0 Å². The Morgan fingerprint density at radius 3 is 2.22 bits per heavy atom. The van der Waals surface area contributed by atoms with Crippen LogP contribution >= 0.6 is 23.1 Å². The molecule has 0 spiro atoms. The lowest BCUT2D eigenvalue weighted by molar-refractivity contribution is 0.0592. The first-order chi connectivity index (χ1) is 22.2. The van der Waals surface area contributed by atoms with Crippen molar-refractivity contribution in [1.82, 2.24) is 29.5 Å². The maximum atomic E-state index is 14.9. The van der Waals surface area contributed by atoms with Crippen LogP contribution < -0.4 is 0 Å². The topological polar surface area (TPSA) is 80.3 Å². The van der Waals surface area contributed by atoms with E-state index in [0.717, 1.165) is 18.1 Å². The van der Waals surface area contributed by atoms with Gasteiger partial charge >= 0.3 is 0 Å². The van der Waals surface area contributed by atoms with Crippen molar-refractivity contribution in [2.24, 2.45) is 0 Å². The molecule has 45 heavy (non-hydrogen) atoms. The molecule has 1 amide bonds. The Hall–Kier alpha value is -4.58. The van der Waals surface area contributed by atoms with Crippen molar-refractivity contribution in [3.05, 3.63) is 136 Å². The summed E-state index contributed by atoms with van der Waals surface area (Å²) in [6, 6.07) is 31.2. The van der Waals surface area contributed by atoms with E-state index < -0.39 is 5.82 Å². The SMILES string of the molecule is O=C(c1csc(CSc2nnc(-c3ccco3)n2-c2ccccc2F)n1)N1CCN(C(c2ccccc2)c2ccccc2)CC1. The van der Waals surface area contributed by atoms with Gasteiger partial charge in [0.25, 0.3) is 5.91 Å². The van der Waals surface area contributed by atoms with Crippen LogP contribution in [0.15, 0.2) is 118 Å². The van der Waals surface area contributed by atoms with Gasteiger partial charge in [0.1, 0.15) is 16.5 Å². The largest absolute Gasteiger partial charge is 0.461 e. The minimum atomic E-state index is -0.395. The number of thioether (sulfide) groups is 1. The smallest absolute Gasteiger partial charge is 0.273 e. The van der Waals surface area contributed by atoms with Crippen molar-refractivity contribution in [3.8, 4) is 17.3 Å². The minimum absolute atomic E-state index is 0.0623. The second-order valence-corrected chi connectivity index (χ2v) is 12.4. The van der Waals surface area contributed by atoms with Gasteiger partial charge in [-0.05, 0) is 35.4 Å².